The number of nitro groups is 2. The Morgan fingerprint density at radius 3 is 1.88 bits per heavy atom. The number of nitro benzene ring substituents is 2. The number of nitrogens with one attached hydrogen (secondary N) is 1. The number of carbonyl (C=O) groups is 1. The lowest BCUT2D eigenvalue weighted by atomic mass is 10.1. The van der Waals surface area contributed by atoms with Crippen LogP contribution in [0.25, 0.3) is 21.7 Å². The third-order valence-corrected chi connectivity index (χ3v) is 5.87. The number of nitrogens with zero attached hydrogens (tertiary/aromatic N) is 3. The first-order chi connectivity index (χ1) is 15.8. The second kappa shape index (κ2) is 8.97. The number of hydrogen-bond donors (Lipinski definition) is 1. The van der Waals surface area contributed by atoms with Gasteiger partial charge in [-0.05, 0) is 36.8 Å². The molecule has 1 aromatic heterocycles. The highest BCUT2D eigenvalue weighted by Gasteiger charge is 2.18. The molecule has 0 saturated carbocycles. The van der Waals surface area contributed by atoms with Gasteiger partial charge in [-0.2, -0.15) is 0 Å². The first kappa shape index (κ1) is 21.8. The van der Waals surface area contributed by atoms with Gasteiger partial charge in [0, 0.05) is 35.4 Å². The maximum Gasteiger partial charge on any atom is 0.269 e. The molecule has 4 rings (SSSR count). The van der Waals surface area contributed by atoms with Crippen molar-refractivity contribution in [1.82, 2.24) is 4.98 Å². The van der Waals surface area contributed by atoms with Crippen molar-refractivity contribution in [2.45, 2.75) is 6.92 Å². The van der Waals surface area contributed by atoms with E-state index in [2.05, 4.69) is 10.3 Å². The summed E-state index contributed by atoms with van der Waals surface area (Å²) in [6.07, 6.45) is 0. The first-order valence-corrected chi connectivity index (χ1v) is 10.5. The Kier molecular flexibility index (Phi) is 5.92. The number of carbonyl (C=O) groups excluding carboxylic acids is 1. The van der Waals surface area contributed by atoms with E-state index in [0.717, 1.165) is 21.6 Å². The van der Waals surface area contributed by atoms with Gasteiger partial charge in [0.25, 0.3) is 17.3 Å². The minimum atomic E-state index is -0.535. The molecule has 3 aromatic carbocycles. The zero-order chi connectivity index (χ0) is 23.5. The van der Waals surface area contributed by atoms with Crippen LogP contribution in [0.1, 0.15) is 15.9 Å². The molecule has 0 bridgehead atoms. The SMILES string of the molecule is Cc1ccc(-c2nc(NC(=O)c3ccc([N+](=O)[O-])cc3)sc2-c2ccc([N+](=O)[O-])cc2)cc1. The van der Waals surface area contributed by atoms with E-state index in [0.29, 0.717) is 10.8 Å². The topological polar surface area (TPSA) is 128 Å². The Hall–Kier alpha value is -4.44. The van der Waals surface area contributed by atoms with Crippen LogP contribution in [0, 0.1) is 27.2 Å². The van der Waals surface area contributed by atoms with Crippen molar-refractivity contribution in [1.29, 1.82) is 0 Å². The fourth-order valence-corrected chi connectivity index (χ4v) is 4.10. The molecular weight excluding hydrogens is 444 g/mol. The molecule has 1 heterocycles. The highest BCUT2D eigenvalue weighted by atomic mass is 32.1. The van der Waals surface area contributed by atoms with Gasteiger partial charge in [0.15, 0.2) is 5.13 Å². The van der Waals surface area contributed by atoms with Crippen LogP contribution in [0.15, 0.2) is 72.8 Å². The summed E-state index contributed by atoms with van der Waals surface area (Å²) in [5.74, 6) is -0.454. The quantitative estimate of drug-likeness (QED) is 0.284. The van der Waals surface area contributed by atoms with E-state index >= 15 is 0 Å². The molecule has 33 heavy (non-hydrogen) atoms. The fraction of sp³-hybridized carbons (Fsp3) is 0.0435. The van der Waals surface area contributed by atoms with Crippen molar-refractivity contribution in [2.75, 3.05) is 5.32 Å². The van der Waals surface area contributed by atoms with Gasteiger partial charge >= 0.3 is 0 Å². The number of hydrogen-bond acceptors (Lipinski definition) is 7. The number of aryl methyl sites for hydroxylation is 1. The predicted octanol–water partition coefficient (Wildman–Crippen LogP) is 5.85. The molecule has 0 saturated heterocycles. The molecular formula is C23H16N4O5S. The third-order valence-electron chi connectivity index (χ3n) is 4.85. The van der Waals surface area contributed by atoms with Crippen LogP contribution >= 0.6 is 11.3 Å². The Morgan fingerprint density at radius 2 is 1.33 bits per heavy atom. The van der Waals surface area contributed by atoms with Crippen LogP contribution in [-0.4, -0.2) is 20.7 Å². The zero-order valence-electron chi connectivity index (χ0n) is 17.2. The standard InChI is InChI=1S/C23H16N4O5S/c1-14-2-4-15(5-3-14)20-21(16-6-10-18(11-7-16)26(29)30)33-23(24-20)25-22(28)17-8-12-19(13-9-17)27(31)32/h2-13H,1H3,(H,24,25,28). The van der Waals surface area contributed by atoms with Crippen molar-refractivity contribution < 1.29 is 14.6 Å². The number of aromatic nitrogens is 1. The molecule has 1 amide bonds. The lowest BCUT2D eigenvalue weighted by Crippen LogP contribution is -2.11. The molecule has 164 valence electrons. The zero-order valence-corrected chi connectivity index (χ0v) is 18.0. The van der Waals surface area contributed by atoms with Gasteiger partial charge in [-0.3, -0.25) is 30.3 Å². The minimum Gasteiger partial charge on any atom is -0.298 e. The summed E-state index contributed by atoms with van der Waals surface area (Å²) in [4.78, 5) is 38.8. The van der Waals surface area contributed by atoms with E-state index in [9.17, 15) is 25.0 Å². The smallest absolute Gasteiger partial charge is 0.269 e. The summed E-state index contributed by atoms with van der Waals surface area (Å²) >= 11 is 1.24. The molecule has 0 radical (unpaired) electrons. The number of amides is 1. The molecule has 0 aliphatic carbocycles. The number of benzene rings is 3. The highest BCUT2D eigenvalue weighted by Crippen LogP contribution is 2.39. The summed E-state index contributed by atoms with van der Waals surface area (Å²) in [6, 6.07) is 19.1. The second-order valence-corrected chi connectivity index (χ2v) is 8.12. The predicted molar refractivity (Wildman–Crippen MR) is 125 cm³/mol. The molecule has 0 unspecified atom stereocenters. The Bertz CT molecular complexity index is 1350. The number of anilines is 1. The normalized spacial score (nSPS) is 10.6. The Morgan fingerprint density at radius 1 is 0.818 bits per heavy atom. The van der Waals surface area contributed by atoms with Crippen LogP contribution in [0.3, 0.4) is 0 Å². The van der Waals surface area contributed by atoms with E-state index in [-0.39, 0.29) is 16.9 Å². The van der Waals surface area contributed by atoms with Crippen LogP contribution in [-0.2, 0) is 0 Å². The number of rotatable bonds is 6. The fourth-order valence-electron chi connectivity index (χ4n) is 3.11. The van der Waals surface area contributed by atoms with Crippen molar-refractivity contribution in [3.05, 3.63) is 104 Å². The highest BCUT2D eigenvalue weighted by molar-refractivity contribution is 7.19. The van der Waals surface area contributed by atoms with Crippen LogP contribution in [0.2, 0.25) is 0 Å². The van der Waals surface area contributed by atoms with Crippen LogP contribution in [0.5, 0.6) is 0 Å². The molecule has 0 aliphatic heterocycles. The maximum absolute atomic E-state index is 12.7. The lowest BCUT2D eigenvalue weighted by molar-refractivity contribution is -0.385. The van der Waals surface area contributed by atoms with E-state index < -0.39 is 15.8 Å². The van der Waals surface area contributed by atoms with E-state index in [4.69, 9.17) is 0 Å². The van der Waals surface area contributed by atoms with Crippen molar-refractivity contribution in [3.63, 3.8) is 0 Å². The Labute approximate surface area is 191 Å². The molecule has 0 spiro atoms. The average molecular weight is 460 g/mol. The molecule has 0 atom stereocenters. The van der Waals surface area contributed by atoms with Crippen molar-refractivity contribution >= 4 is 33.8 Å². The number of thiazole rings is 1. The largest absolute Gasteiger partial charge is 0.298 e. The monoisotopic (exact) mass is 460 g/mol. The number of non-ortho nitro benzene ring substituents is 2. The lowest BCUT2D eigenvalue weighted by Gasteiger charge is -2.03. The van der Waals surface area contributed by atoms with Gasteiger partial charge in [-0.15, -0.1) is 0 Å². The van der Waals surface area contributed by atoms with Crippen LogP contribution < -0.4 is 5.32 Å². The van der Waals surface area contributed by atoms with Gasteiger partial charge in [0.05, 0.1) is 20.4 Å². The second-order valence-electron chi connectivity index (χ2n) is 7.12. The molecule has 0 aliphatic rings. The van der Waals surface area contributed by atoms with Crippen LogP contribution in [0.4, 0.5) is 16.5 Å². The minimum absolute atomic E-state index is 0.0214. The summed E-state index contributed by atoms with van der Waals surface area (Å²) in [5, 5.41) is 24.9. The molecule has 9 nitrogen and oxygen atoms in total. The van der Waals surface area contributed by atoms with Gasteiger partial charge in [0.2, 0.25) is 0 Å². The van der Waals surface area contributed by atoms with E-state index in [1.165, 1.54) is 47.7 Å². The Balaban J connectivity index is 1.69. The summed E-state index contributed by atoms with van der Waals surface area (Å²) < 4.78 is 0. The molecule has 0 fully saturated rings. The average Bonchev–Trinajstić information content (AvgIpc) is 3.23. The molecule has 4 aromatic rings. The van der Waals surface area contributed by atoms with E-state index in [1.807, 2.05) is 31.2 Å². The van der Waals surface area contributed by atoms with Gasteiger partial charge in [0.1, 0.15) is 0 Å². The van der Waals surface area contributed by atoms with Gasteiger partial charge in [-0.1, -0.05) is 41.2 Å². The first-order valence-electron chi connectivity index (χ1n) is 9.70. The summed E-state index contributed by atoms with van der Waals surface area (Å²) in [6.45, 7) is 1.97. The van der Waals surface area contributed by atoms with Crippen molar-refractivity contribution in [3.8, 4) is 21.7 Å². The third kappa shape index (κ3) is 4.75. The molecule has 1 N–H and O–H groups in total. The molecule has 10 heteroatoms. The van der Waals surface area contributed by atoms with Gasteiger partial charge in [-0.25, -0.2) is 4.98 Å². The van der Waals surface area contributed by atoms with Crippen molar-refractivity contribution in [2.24, 2.45) is 0 Å². The summed E-state index contributed by atoms with van der Waals surface area (Å²) in [7, 11) is 0. The maximum atomic E-state index is 12.7. The van der Waals surface area contributed by atoms with E-state index in [1.54, 1.807) is 12.1 Å². The summed E-state index contributed by atoms with van der Waals surface area (Å²) in [5.41, 5.74) is 3.40. The van der Waals surface area contributed by atoms with Gasteiger partial charge < -0.3 is 0 Å².